The monoisotopic (exact) mass is 376 g/mol. The zero-order chi connectivity index (χ0) is 20.1. The molecular formula is C23H28N4O. The van der Waals surface area contributed by atoms with E-state index in [4.69, 9.17) is 0 Å². The third-order valence-electron chi connectivity index (χ3n) is 5.63. The van der Waals surface area contributed by atoms with Gasteiger partial charge in [0.2, 0.25) is 5.91 Å². The molecule has 28 heavy (non-hydrogen) atoms. The molecule has 0 fully saturated rings. The molecule has 3 rings (SSSR count). The van der Waals surface area contributed by atoms with E-state index in [9.17, 15) is 4.79 Å². The second kappa shape index (κ2) is 8.83. The van der Waals surface area contributed by atoms with Crippen LogP contribution in [0.15, 0.2) is 67.3 Å². The van der Waals surface area contributed by atoms with Gasteiger partial charge >= 0.3 is 0 Å². The van der Waals surface area contributed by atoms with Crippen LogP contribution in [0.25, 0.3) is 5.69 Å². The van der Waals surface area contributed by atoms with Crippen LogP contribution in [0.4, 0.5) is 0 Å². The van der Waals surface area contributed by atoms with Crippen LogP contribution in [-0.2, 0) is 4.79 Å². The molecule has 146 valence electrons. The van der Waals surface area contributed by atoms with E-state index in [1.807, 2.05) is 54.4 Å². The number of hydrogen-bond donors (Lipinski definition) is 0. The summed E-state index contributed by atoms with van der Waals surface area (Å²) in [5.74, 6) is 0.306. The van der Waals surface area contributed by atoms with Crippen LogP contribution < -0.4 is 0 Å². The van der Waals surface area contributed by atoms with Crippen LogP contribution in [0.3, 0.4) is 0 Å². The largest absolute Gasteiger partial charge is 0.338 e. The molecule has 3 aromatic rings. The van der Waals surface area contributed by atoms with E-state index >= 15 is 0 Å². The normalized spacial score (nSPS) is 14.3. The Labute approximate surface area is 167 Å². The lowest BCUT2D eigenvalue weighted by molar-refractivity contribution is -0.134. The number of carbonyl (C=O) groups excluding carboxylic acids is 1. The quantitative estimate of drug-likeness (QED) is 0.605. The first-order valence-corrected chi connectivity index (χ1v) is 9.79. The minimum atomic E-state index is -0.131. The van der Waals surface area contributed by atoms with Gasteiger partial charge in [0.25, 0.3) is 0 Å². The zero-order valence-electron chi connectivity index (χ0n) is 17.0. The zero-order valence-corrected chi connectivity index (χ0v) is 17.0. The van der Waals surface area contributed by atoms with Gasteiger partial charge in [0.1, 0.15) is 12.7 Å². The van der Waals surface area contributed by atoms with Crippen LogP contribution in [-0.4, -0.2) is 32.6 Å². The number of benzene rings is 2. The molecule has 1 heterocycles. The van der Waals surface area contributed by atoms with Gasteiger partial charge in [-0.2, -0.15) is 5.10 Å². The molecule has 0 saturated heterocycles. The highest BCUT2D eigenvalue weighted by Crippen LogP contribution is 2.31. The van der Waals surface area contributed by atoms with Crippen molar-refractivity contribution in [2.45, 2.75) is 39.2 Å². The van der Waals surface area contributed by atoms with Gasteiger partial charge in [-0.25, -0.2) is 9.67 Å². The number of amides is 1. The van der Waals surface area contributed by atoms with Crippen molar-refractivity contribution in [3.05, 3.63) is 78.4 Å². The fourth-order valence-corrected chi connectivity index (χ4v) is 3.49. The lowest BCUT2D eigenvalue weighted by Gasteiger charge is -2.32. The Hall–Kier alpha value is -2.95. The molecule has 5 nitrogen and oxygen atoms in total. The third-order valence-corrected chi connectivity index (χ3v) is 5.63. The van der Waals surface area contributed by atoms with Crippen molar-refractivity contribution in [3.8, 4) is 5.69 Å². The van der Waals surface area contributed by atoms with Crippen LogP contribution in [0.5, 0.6) is 0 Å². The van der Waals surface area contributed by atoms with Gasteiger partial charge in [0.15, 0.2) is 0 Å². The fourth-order valence-electron chi connectivity index (χ4n) is 3.49. The van der Waals surface area contributed by atoms with Crippen molar-refractivity contribution in [3.63, 3.8) is 0 Å². The average Bonchev–Trinajstić information content (AvgIpc) is 3.28. The minimum absolute atomic E-state index is 0.0208. The molecule has 3 atom stereocenters. The highest BCUT2D eigenvalue weighted by atomic mass is 16.2. The van der Waals surface area contributed by atoms with Gasteiger partial charge in [-0.3, -0.25) is 4.79 Å². The number of likely N-dealkylation sites (N-methyl/N-ethyl adjacent to an activating group) is 1. The summed E-state index contributed by atoms with van der Waals surface area (Å²) in [6, 6.07) is 18.2. The number of rotatable bonds is 7. The summed E-state index contributed by atoms with van der Waals surface area (Å²) in [5, 5.41) is 4.15. The molecule has 3 unspecified atom stereocenters. The summed E-state index contributed by atoms with van der Waals surface area (Å²) in [4.78, 5) is 19.3. The highest BCUT2D eigenvalue weighted by molar-refractivity contribution is 5.84. The Bertz CT molecular complexity index is 875. The van der Waals surface area contributed by atoms with Crippen LogP contribution in [0.2, 0.25) is 0 Å². The standard InChI is InChI=1S/C23H28N4O/c1-5-17(2)22(20-9-7-6-8-10-20)23(28)26(4)18(3)19-11-13-21(14-12-19)27-16-24-15-25-27/h6-18,22H,5H2,1-4H3. The maximum atomic E-state index is 13.4. The third kappa shape index (κ3) is 4.14. The molecule has 0 saturated carbocycles. The first kappa shape index (κ1) is 19.8. The predicted octanol–water partition coefficient (Wildman–Crippen LogP) is 4.62. The molecule has 2 aromatic carbocycles. The first-order valence-electron chi connectivity index (χ1n) is 9.79. The molecule has 0 radical (unpaired) electrons. The predicted molar refractivity (Wildman–Crippen MR) is 111 cm³/mol. The van der Waals surface area contributed by atoms with Crippen LogP contribution in [0.1, 0.15) is 50.3 Å². The molecular weight excluding hydrogens is 348 g/mol. The van der Waals surface area contributed by atoms with Crippen LogP contribution in [0, 0.1) is 5.92 Å². The van der Waals surface area contributed by atoms with Crippen molar-refractivity contribution < 1.29 is 4.79 Å². The Morgan fingerprint density at radius 1 is 1.04 bits per heavy atom. The molecule has 5 heteroatoms. The molecule has 1 amide bonds. The highest BCUT2D eigenvalue weighted by Gasteiger charge is 2.30. The Kier molecular flexibility index (Phi) is 6.24. The Morgan fingerprint density at radius 2 is 1.71 bits per heavy atom. The van der Waals surface area contributed by atoms with E-state index in [1.54, 1.807) is 11.0 Å². The van der Waals surface area contributed by atoms with Gasteiger partial charge < -0.3 is 4.90 Å². The topological polar surface area (TPSA) is 51.0 Å². The number of nitrogens with zero attached hydrogens (tertiary/aromatic N) is 4. The molecule has 0 N–H and O–H groups in total. The van der Waals surface area contributed by atoms with Gasteiger partial charge in [-0.15, -0.1) is 0 Å². The molecule has 0 aliphatic rings. The van der Waals surface area contributed by atoms with Crippen molar-refractivity contribution in [1.82, 2.24) is 19.7 Å². The molecule has 0 aliphatic carbocycles. The molecule has 0 aliphatic heterocycles. The fraction of sp³-hybridized carbons (Fsp3) is 0.348. The second-order valence-electron chi connectivity index (χ2n) is 7.33. The summed E-state index contributed by atoms with van der Waals surface area (Å²) in [7, 11) is 1.90. The van der Waals surface area contributed by atoms with E-state index in [1.165, 1.54) is 6.33 Å². The van der Waals surface area contributed by atoms with E-state index in [0.717, 1.165) is 23.2 Å². The molecule has 0 spiro atoms. The lowest BCUT2D eigenvalue weighted by atomic mass is 9.84. The Balaban J connectivity index is 1.80. The number of carbonyl (C=O) groups is 1. The van der Waals surface area contributed by atoms with E-state index in [2.05, 4.69) is 43.0 Å². The number of hydrogen-bond acceptors (Lipinski definition) is 3. The first-order chi connectivity index (χ1) is 13.5. The van der Waals surface area contributed by atoms with Gasteiger partial charge in [-0.05, 0) is 36.1 Å². The molecule has 1 aromatic heterocycles. The minimum Gasteiger partial charge on any atom is -0.338 e. The second-order valence-corrected chi connectivity index (χ2v) is 7.33. The van der Waals surface area contributed by atoms with E-state index in [-0.39, 0.29) is 23.8 Å². The van der Waals surface area contributed by atoms with Crippen molar-refractivity contribution in [2.24, 2.45) is 5.92 Å². The van der Waals surface area contributed by atoms with Gasteiger partial charge in [0, 0.05) is 7.05 Å². The maximum absolute atomic E-state index is 13.4. The van der Waals surface area contributed by atoms with E-state index < -0.39 is 0 Å². The summed E-state index contributed by atoms with van der Waals surface area (Å²) in [6.07, 6.45) is 4.15. The van der Waals surface area contributed by atoms with Crippen molar-refractivity contribution >= 4 is 5.91 Å². The van der Waals surface area contributed by atoms with Crippen LogP contribution >= 0.6 is 0 Å². The lowest BCUT2D eigenvalue weighted by Crippen LogP contribution is -2.36. The Morgan fingerprint density at radius 3 is 2.29 bits per heavy atom. The van der Waals surface area contributed by atoms with Crippen molar-refractivity contribution in [1.29, 1.82) is 0 Å². The summed E-state index contributed by atoms with van der Waals surface area (Å²) in [6.45, 7) is 6.36. The molecule has 0 bridgehead atoms. The van der Waals surface area contributed by atoms with Crippen molar-refractivity contribution in [2.75, 3.05) is 7.05 Å². The van der Waals surface area contributed by atoms with Gasteiger partial charge in [0.05, 0.1) is 17.6 Å². The maximum Gasteiger partial charge on any atom is 0.230 e. The average molecular weight is 377 g/mol. The summed E-state index contributed by atoms with van der Waals surface area (Å²) in [5.41, 5.74) is 3.13. The smallest absolute Gasteiger partial charge is 0.230 e. The number of aromatic nitrogens is 3. The van der Waals surface area contributed by atoms with Gasteiger partial charge in [-0.1, -0.05) is 62.7 Å². The SMILES string of the molecule is CCC(C)C(C(=O)N(C)C(C)c1ccc(-n2cncn2)cc1)c1ccccc1. The summed E-state index contributed by atoms with van der Waals surface area (Å²) < 4.78 is 1.72. The summed E-state index contributed by atoms with van der Waals surface area (Å²) >= 11 is 0. The van der Waals surface area contributed by atoms with E-state index in [0.29, 0.717) is 0 Å².